The maximum Gasteiger partial charge on any atom is 0.136 e. The Balaban J connectivity index is 1.05. The predicted molar refractivity (Wildman–Crippen MR) is 213 cm³/mol. The summed E-state index contributed by atoms with van der Waals surface area (Å²) in [6.07, 6.45) is 0. The summed E-state index contributed by atoms with van der Waals surface area (Å²) < 4.78 is 6.50. The topological polar surface area (TPSA) is 38.9 Å². The van der Waals surface area contributed by atoms with E-state index in [2.05, 4.69) is 164 Å². The highest BCUT2D eigenvalue weighted by Gasteiger charge is 2.15. The van der Waals surface area contributed by atoms with Gasteiger partial charge in [-0.25, -0.2) is 9.97 Å². The van der Waals surface area contributed by atoms with Crippen LogP contribution >= 0.6 is 0 Å². The van der Waals surface area contributed by atoms with Gasteiger partial charge in [0.05, 0.1) is 22.4 Å². The van der Waals surface area contributed by atoms with Gasteiger partial charge >= 0.3 is 0 Å². The lowest BCUT2D eigenvalue weighted by molar-refractivity contribution is 0.669. The summed E-state index contributed by atoms with van der Waals surface area (Å²) in [4.78, 5) is 10.5. The molecule has 0 saturated carbocycles. The summed E-state index contributed by atoms with van der Waals surface area (Å²) in [5, 5.41) is 11.8. The second kappa shape index (κ2) is 10.8. The van der Waals surface area contributed by atoms with Crippen molar-refractivity contribution in [1.29, 1.82) is 0 Å². The fourth-order valence-electron chi connectivity index (χ4n) is 7.89. The first kappa shape index (κ1) is 28.0. The average molecular weight is 649 g/mol. The van der Waals surface area contributed by atoms with E-state index in [-0.39, 0.29) is 0 Å². The van der Waals surface area contributed by atoms with Gasteiger partial charge in [0.2, 0.25) is 0 Å². The fraction of sp³-hybridized carbons (Fsp3) is 0. The number of rotatable bonds is 3. The number of fused-ring (bicyclic) bond motifs is 12. The normalized spacial score (nSPS) is 11.9. The van der Waals surface area contributed by atoms with Gasteiger partial charge in [-0.05, 0) is 85.9 Å². The summed E-state index contributed by atoms with van der Waals surface area (Å²) in [5.41, 5.74) is 9.91. The van der Waals surface area contributed by atoms with Gasteiger partial charge in [0.15, 0.2) is 0 Å². The SMILES string of the molecule is c1ccc(-c2ccc(-c3ccc4ccc5ccc(-c6ccc7oc8cc9c%10ccccc%10c%10ccccc%10c9cc8c7c6)nc5c4n3)cc2)cc1. The molecular weight excluding hydrogens is 621 g/mol. The van der Waals surface area contributed by atoms with E-state index in [1.165, 1.54) is 43.4 Å². The number of nitrogens with zero attached hydrogens (tertiary/aromatic N) is 2. The summed E-state index contributed by atoms with van der Waals surface area (Å²) in [6, 6.07) is 60.2. The van der Waals surface area contributed by atoms with E-state index in [9.17, 15) is 0 Å². The number of pyridine rings is 2. The van der Waals surface area contributed by atoms with Crippen LogP contribution < -0.4 is 0 Å². The van der Waals surface area contributed by atoms with Crippen molar-refractivity contribution in [2.75, 3.05) is 0 Å². The largest absolute Gasteiger partial charge is 0.456 e. The molecule has 3 heteroatoms. The van der Waals surface area contributed by atoms with Crippen molar-refractivity contribution in [3.63, 3.8) is 0 Å². The zero-order chi connectivity index (χ0) is 33.5. The van der Waals surface area contributed by atoms with Crippen LogP contribution in [0.5, 0.6) is 0 Å². The van der Waals surface area contributed by atoms with E-state index in [0.29, 0.717) is 0 Å². The third-order valence-electron chi connectivity index (χ3n) is 10.4. The molecule has 0 amide bonds. The Kier molecular flexibility index (Phi) is 5.96. The minimum Gasteiger partial charge on any atom is -0.456 e. The molecule has 0 fully saturated rings. The lowest BCUT2D eigenvalue weighted by Crippen LogP contribution is -1.91. The smallest absolute Gasteiger partial charge is 0.136 e. The molecule has 0 bridgehead atoms. The predicted octanol–water partition coefficient (Wildman–Crippen LogP) is 13.1. The Morgan fingerprint density at radius 1 is 0.294 bits per heavy atom. The lowest BCUT2D eigenvalue weighted by atomic mass is 9.93. The van der Waals surface area contributed by atoms with Crippen LogP contribution in [-0.2, 0) is 0 Å². The molecule has 0 unspecified atom stereocenters. The van der Waals surface area contributed by atoms with Crippen molar-refractivity contribution in [3.05, 3.63) is 170 Å². The van der Waals surface area contributed by atoms with Crippen LogP contribution in [0, 0.1) is 0 Å². The van der Waals surface area contributed by atoms with Crippen LogP contribution in [0.3, 0.4) is 0 Å². The summed E-state index contributed by atoms with van der Waals surface area (Å²) in [7, 11) is 0. The Bertz CT molecular complexity index is 3180. The molecule has 11 aromatic rings. The average Bonchev–Trinajstić information content (AvgIpc) is 3.57. The van der Waals surface area contributed by atoms with Gasteiger partial charge < -0.3 is 4.42 Å². The molecule has 0 atom stereocenters. The molecule has 236 valence electrons. The van der Waals surface area contributed by atoms with Gasteiger partial charge in [-0.15, -0.1) is 0 Å². The molecule has 11 rings (SSSR count). The first-order valence-electron chi connectivity index (χ1n) is 17.3. The zero-order valence-corrected chi connectivity index (χ0v) is 27.5. The van der Waals surface area contributed by atoms with Gasteiger partial charge in [-0.1, -0.05) is 127 Å². The summed E-state index contributed by atoms with van der Waals surface area (Å²) >= 11 is 0. The highest BCUT2D eigenvalue weighted by molar-refractivity contribution is 6.28. The molecule has 3 heterocycles. The zero-order valence-electron chi connectivity index (χ0n) is 27.5. The third-order valence-corrected chi connectivity index (χ3v) is 10.4. The van der Waals surface area contributed by atoms with E-state index in [4.69, 9.17) is 14.4 Å². The van der Waals surface area contributed by atoms with Gasteiger partial charge in [-0.2, -0.15) is 0 Å². The van der Waals surface area contributed by atoms with E-state index in [1.54, 1.807) is 0 Å². The number of aromatic nitrogens is 2. The number of hydrogen-bond acceptors (Lipinski definition) is 3. The molecule has 0 aliphatic carbocycles. The molecule has 0 N–H and O–H groups in total. The number of furan rings is 1. The molecule has 0 aliphatic rings. The molecule has 51 heavy (non-hydrogen) atoms. The summed E-state index contributed by atoms with van der Waals surface area (Å²) in [5.74, 6) is 0. The van der Waals surface area contributed by atoms with Crippen molar-refractivity contribution in [2.45, 2.75) is 0 Å². The second-order valence-electron chi connectivity index (χ2n) is 13.3. The van der Waals surface area contributed by atoms with Crippen molar-refractivity contribution in [3.8, 4) is 33.6 Å². The standard InChI is InChI=1S/C48H28N2O/c1-2-8-29(9-3-1)30-14-16-31(17-15-30)43-23-20-32-18-19-33-21-24-44(50-48(33)47(32)49-43)34-22-25-45-41(26-34)42-27-39-37-12-6-4-10-35(37)36-11-5-7-13-38(36)40(39)28-46(42)51-45/h1-28H. The number of benzene rings is 8. The minimum absolute atomic E-state index is 0.869. The maximum absolute atomic E-state index is 6.50. The van der Waals surface area contributed by atoms with Crippen LogP contribution in [0.15, 0.2) is 174 Å². The van der Waals surface area contributed by atoms with Crippen molar-refractivity contribution in [2.24, 2.45) is 0 Å². The van der Waals surface area contributed by atoms with E-state index in [1.807, 2.05) is 6.07 Å². The molecule has 0 saturated heterocycles. The summed E-state index contributed by atoms with van der Waals surface area (Å²) in [6.45, 7) is 0. The highest BCUT2D eigenvalue weighted by atomic mass is 16.3. The third kappa shape index (κ3) is 4.38. The van der Waals surface area contributed by atoms with Gasteiger partial charge in [-0.3, -0.25) is 0 Å². The van der Waals surface area contributed by atoms with Gasteiger partial charge in [0.25, 0.3) is 0 Å². The van der Waals surface area contributed by atoms with Crippen LogP contribution in [-0.4, -0.2) is 9.97 Å². The first-order valence-corrected chi connectivity index (χ1v) is 17.3. The van der Waals surface area contributed by atoms with Crippen LogP contribution in [0.25, 0.3) is 110 Å². The Morgan fingerprint density at radius 2 is 0.765 bits per heavy atom. The van der Waals surface area contributed by atoms with E-state index in [0.717, 1.165) is 66.3 Å². The van der Waals surface area contributed by atoms with E-state index < -0.39 is 0 Å². The molecule has 0 radical (unpaired) electrons. The maximum atomic E-state index is 6.50. The Hall–Kier alpha value is -6.84. The fourth-order valence-corrected chi connectivity index (χ4v) is 7.89. The monoisotopic (exact) mass is 648 g/mol. The molecule has 0 spiro atoms. The van der Waals surface area contributed by atoms with Crippen LogP contribution in [0.4, 0.5) is 0 Å². The van der Waals surface area contributed by atoms with Crippen LogP contribution in [0.2, 0.25) is 0 Å². The quantitative estimate of drug-likeness (QED) is 0.179. The molecule has 3 nitrogen and oxygen atoms in total. The van der Waals surface area contributed by atoms with Crippen molar-refractivity contribution in [1.82, 2.24) is 9.97 Å². The van der Waals surface area contributed by atoms with E-state index >= 15 is 0 Å². The number of hydrogen-bond donors (Lipinski definition) is 0. The molecular formula is C48H28N2O. The molecule has 0 aliphatic heterocycles. The van der Waals surface area contributed by atoms with Crippen molar-refractivity contribution < 1.29 is 4.42 Å². The first-order chi connectivity index (χ1) is 25.2. The lowest BCUT2D eigenvalue weighted by Gasteiger charge is -2.10. The van der Waals surface area contributed by atoms with Crippen molar-refractivity contribution >= 4 is 76.1 Å². The van der Waals surface area contributed by atoms with Gasteiger partial charge in [0, 0.05) is 32.7 Å². The second-order valence-corrected chi connectivity index (χ2v) is 13.3. The van der Waals surface area contributed by atoms with Gasteiger partial charge in [0.1, 0.15) is 11.2 Å². The van der Waals surface area contributed by atoms with Crippen LogP contribution in [0.1, 0.15) is 0 Å². The Morgan fingerprint density at radius 3 is 1.41 bits per heavy atom. The highest BCUT2D eigenvalue weighted by Crippen LogP contribution is 2.41. The Labute approximate surface area is 293 Å². The molecule has 8 aromatic carbocycles. The molecule has 3 aromatic heterocycles. The minimum atomic E-state index is 0.869.